The Morgan fingerprint density at radius 3 is 2.64 bits per heavy atom. The van der Waals surface area contributed by atoms with Crippen LogP contribution >= 0.6 is 0 Å². The van der Waals surface area contributed by atoms with E-state index < -0.39 is 0 Å². The zero-order chi connectivity index (χ0) is 30.1. The third-order valence-electron chi connectivity index (χ3n) is 9.00. The fourth-order valence-electron chi connectivity index (χ4n) is 6.26. The number of benzene rings is 1. The highest BCUT2D eigenvalue weighted by molar-refractivity contribution is 6.13. The molecule has 0 spiro atoms. The number of aliphatic hydroxyl groups is 1. The maximum atomic E-state index is 12.9. The molecule has 11 heteroatoms. The number of fused-ring (bicyclic) bond motifs is 2. The second-order valence-corrected chi connectivity index (χ2v) is 12.2. The molecule has 3 fully saturated rings. The van der Waals surface area contributed by atoms with Gasteiger partial charge in [-0.15, -0.1) is 0 Å². The number of nitrogens with one attached hydrogen (secondary N) is 1. The second kappa shape index (κ2) is 10.1. The lowest BCUT2D eigenvalue weighted by Crippen LogP contribution is -2.30. The highest BCUT2D eigenvalue weighted by atomic mass is 16.3. The van der Waals surface area contributed by atoms with E-state index in [4.69, 9.17) is 9.97 Å². The van der Waals surface area contributed by atoms with Crippen molar-refractivity contribution in [1.29, 1.82) is 0 Å². The first kappa shape index (κ1) is 26.7. The van der Waals surface area contributed by atoms with Crippen molar-refractivity contribution in [3.63, 3.8) is 0 Å². The van der Waals surface area contributed by atoms with Crippen molar-refractivity contribution >= 4 is 39.9 Å². The minimum atomic E-state index is -0.332. The number of rotatable bonds is 8. The molecule has 1 aliphatic heterocycles. The summed E-state index contributed by atoms with van der Waals surface area (Å²) in [7, 11) is 1.51. The van der Waals surface area contributed by atoms with E-state index in [9.17, 15) is 14.7 Å². The SMILES string of the molecule is Cc1ccnc([C@H]2C[C@@H]2c2cc(CO)c3ccc(NCc4cn5cc(C6CC6)cc(N6CC(=O)N(C)C6=O)c5n4)cc3n2)n1. The van der Waals surface area contributed by atoms with Crippen LogP contribution in [0.2, 0.25) is 0 Å². The van der Waals surface area contributed by atoms with E-state index >= 15 is 0 Å². The van der Waals surface area contributed by atoms with Crippen LogP contribution in [0.15, 0.2) is 55.0 Å². The van der Waals surface area contributed by atoms with Crippen molar-refractivity contribution in [3.05, 3.63) is 89.0 Å². The quantitative estimate of drug-likeness (QED) is 0.251. The van der Waals surface area contributed by atoms with Crippen molar-refractivity contribution in [3.8, 4) is 0 Å². The second-order valence-electron chi connectivity index (χ2n) is 12.2. The Bertz CT molecular complexity index is 1980. The zero-order valence-electron chi connectivity index (χ0n) is 24.6. The number of hydrogen-bond acceptors (Lipinski definition) is 8. The molecule has 2 saturated carbocycles. The number of aryl methyl sites for hydroxylation is 1. The predicted octanol–water partition coefficient (Wildman–Crippen LogP) is 4.63. The topological polar surface area (TPSA) is 129 Å². The van der Waals surface area contributed by atoms with Crippen LogP contribution in [0.5, 0.6) is 0 Å². The number of imidazole rings is 1. The number of carbonyl (C=O) groups is 2. The third-order valence-corrected chi connectivity index (χ3v) is 9.00. The van der Waals surface area contributed by atoms with Crippen LogP contribution in [0.1, 0.15) is 71.0 Å². The number of imide groups is 1. The summed E-state index contributed by atoms with van der Waals surface area (Å²) in [6, 6.07) is 11.6. The lowest BCUT2D eigenvalue weighted by molar-refractivity contribution is -0.123. The van der Waals surface area contributed by atoms with Crippen LogP contribution < -0.4 is 10.2 Å². The number of nitrogens with zero attached hydrogens (tertiary/aromatic N) is 7. The Morgan fingerprint density at radius 2 is 1.89 bits per heavy atom. The maximum absolute atomic E-state index is 12.9. The smallest absolute Gasteiger partial charge is 0.331 e. The molecule has 8 rings (SSSR count). The monoisotopic (exact) mass is 588 g/mol. The van der Waals surface area contributed by atoms with E-state index in [2.05, 4.69) is 21.5 Å². The van der Waals surface area contributed by atoms with Crippen LogP contribution in [0.3, 0.4) is 0 Å². The summed E-state index contributed by atoms with van der Waals surface area (Å²) in [6.45, 7) is 2.38. The van der Waals surface area contributed by atoms with E-state index in [0.29, 0.717) is 23.8 Å². The summed E-state index contributed by atoms with van der Waals surface area (Å²) in [6.07, 6.45) is 9.06. The van der Waals surface area contributed by atoms with Gasteiger partial charge in [0.1, 0.15) is 12.4 Å². The summed E-state index contributed by atoms with van der Waals surface area (Å²) in [5.74, 6) is 1.57. The molecule has 0 radical (unpaired) electrons. The van der Waals surface area contributed by atoms with Gasteiger partial charge in [0, 0.05) is 59.9 Å². The molecule has 5 aromatic rings. The highest BCUT2D eigenvalue weighted by Gasteiger charge is 2.43. The van der Waals surface area contributed by atoms with Gasteiger partial charge in [-0.25, -0.2) is 19.7 Å². The number of carbonyl (C=O) groups excluding carboxylic acids is 2. The first-order valence-electron chi connectivity index (χ1n) is 15.0. The summed E-state index contributed by atoms with van der Waals surface area (Å²) < 4.78 is 1.97. The Balaban J connectivity index is 1.06. The number of likely N-dealkylation sites (N-methyl/N-ethyl adjacent to an activating group) is 1. The standard InChI is InChI=1S/C33H32N8O3/c1-18-7-8-34-31(36-18)26-12-25(26)27-9-21(17-42)24-6-5-22(11-28(24)38-27)35-13-23-15-40-14-20(19-3-4-19)10-29(32(40)37-23)41-16-30(43)39(2)33(41)44/h5-11,14-15,19,25-26,35,42H,3-4,12-13,16-17H2,1-2H3/t25-,26-/m0/s1. The Morgan fingerprint density at radius 1 is 1.02 bits per heavy atom. The number of aromatic nitrogens is 5. The van der Waals surface area contributed by atoms with Gasteiger partial charge < -0.3 is 14.8 Å². The number of amides is 3. The molecule has 3 amide bonds. The van der Waals surface area contributed by atoms with Crippen LogP contribution in [0, 0.1) is 6.92 Å². The molecule has 0 unspecified atom stereocenters. The molecule has 2 N–H and O–H groups in total. The van der Waals surface area contributed by atoms with E-state index in [1.165, 1.54) is 11.9 Å². The fraction of sp³-hybridized carbons (Fsp3) is 0.333. The molecule has 1 saturated heterocycles. The van der Waals surface area contributed by atoms with Gasteiger partial charge in [0.25, 0.3) is 0 Å². The molecule has 4 aromatic heterocycles. The average Bonchev–Trinajstić information content (AvgIpc) is 3.96. The van der Waals surface area contributed by atoms with Gasteiger partial charge in [0.15, 0.2) is 5.65 Å². The Labute approximate surface area is 253 Å². The summed E-state index contributed by atoms with van der Waals surface area (Å²) >= 11 is 0. The minimum absolute atomic E-state index is 0.0150. The highest BCUT2D eigenvalue weighted by Crippen LogP contribution is 2.53. The van der Waals surface area contributed by atoms with Crippen molar-refractivity contribution in [2.45, 2.75) is 57.1 Å². The maximum Gasteiger partial charge on any atom is 0.331 e. The van der Waals surface area contributed by atoms with E-state index in [-0.39, 0.29) is 36.9 Å². The summed E-state index contributed by atoms with van der Waals surface area (Å²) in [5, 5.41) is 14.6. The fourth-order valence-corrected chi connectivity index (χ4v) is 6.26. The number of anilines is 2. The van der Waals surface area contributed by atoms with Gasteiger partial charge >= 0.3 is 6.03 Å². The number of hydrogen-bond donors (Lipinski definition) is 2. The van der Waals surface area contributed by atoms with Crippen LogP contribution in [-0.2, 0) is 17.9 Å². The lowest BCUT2D eigenvalue weighted by Gasteiger charge is -2.17. The molecule has 44 heavy (non-hydrogen) atoms. The molecular weight excluding hydrogens is 556 g/mol. The minimum Gasteiger partial charge on any atom is -0.392 e. The normalized spacial score (nSPS) is 19.9. The first-order chi connectivity index (χ1) is 21.4. The van der Waals surface area contributed by atoms with Crippen molar-refractivity contribution in [2.24, 2.45) is 0 Å². The predicted molar refractivity (Wildman–Crippen MR) is 165 cm³/mol. The molecule has 3 aliphatic rings. The molecule has 11 nitrogen and oxygen atoms in total. The van der Waals surface area contributed by atoms with Crippen LogP contribution in [-0.4, -0.2) is 59.9 Å². The number of aliphatic hydroxyl groups excluding tert-OH is 1. The molecule has 1 aromatic carbocycles. The van der Waals surface area contributed by atoms with Gasteiger partial charge in [-0.3, -0.25) is 19.6 Å². The van der Waals surface area contributed by atoms with Gasteiger partial charge in [-0.1, -0.05) is 6.07 Å². The van der Waals surface area contributed by atoms with Crippen molar-refractivity contribution in [1.82, 2.24) is 29.2 Å². The third kappa shape index (κ3) is 4.64. The lowest BCUT2D eigenvalue weighted by atomic mass is 10.1. The zero-order valence-corrected chi connectivity index (χ0v) is 24.6. The molecule has 222 valence electrons. The van der Waals surface area contributed by atoms with Crippen molar-refractivity contribution in [2.75, 3.05) is 23.8 Å². The summed E-state index contributed by atoms with van der Waals surface area (Å²) in [4.78, 5) is 46.8. The van der Waals surface area contributed by atoms with Crippen LogP contribution in [0.4, 0.5) is 16.2 Å². The Kier molecular flexibility index (Phi) is 6.12. The average molecular weight is 589 g/mol. The number of pyridine rings is 2. The van der Waals surface area contributed by atoms with Crippen molar-refractivity contribution < 1.29 is 14.7 Å². The van der Waals surface area contributed by atoms with E-state index in [0.717, 1.165) is 74.8 Å². The molecule has 2 aliphatic carbocycles. The van der Waals surface area contributed by atoms with Gasteiger partial charge in [0.2, 0.25) is 5.91 Å². The Hall–Kier alpha value is -4.90. The molecule has 2 atom stereocenters. The van der Waals surface area contributed by atoms with E-state index in [1.54, 1.807) is 6.20 Å². The van der Waals surface area contributed by atoms with Gasteiger partial charge in [0.05, 0.1) is 30.0 Å². The van der Waals surface area contributed by atoms with Crippen LogP contribution in [0.25, 0.3) is 16.6 Å². The van der Waals surface area contributed by atoms with Gasteiger partial charge in [-0.05, 0) is 73.6 Å². The molecule has 0 bridgehead atoms. The number of urea groups is 1. The molecular formula is C33H32N8O3. The van der Waals surface area contributed by atoms with Gasteiger partial charge in [-0.2, -0.15) is 0 Å². The van der Waals surface area contributed by atoms with E-state index in [1.807, 2.05) is 53.9 Å². The molecule has 5 heterocycles. The first-order valence-corrected chi connectivity index (χ1v) is 15.0. The summed E-state index contributed by atoms with van der Waals surface area (Å²) in [5.41, 5.74) is 7.74. The largest absolute Gasteiger partial charge is 0.392 e.